The van der Waals surface area contributed by atoms with Gasteiger partial charge in [-0.25, -0.2) is 0 Å². The van der Waals surface area contributed by atoms with E-state index in [9.17, 15) is 46.6 Å². The monoisotopic (exact) mass is 438 g/mol. The fourth-order valence-corrected chi connectivity index (χ4v) is 2.41. The quantitative estimate of drug-likeness (QED) is 0.271. The van der Waals surface area contributed by atoms with Gasteiger partial charge in [-0.15, -0.1) is 0 Å². The molecule has 0 heterocycles. The van der Waals surface area contributed by atoms with Gasteiger partial charge in [-0.05, 0) is 24.3 Å². The van der Waals surface area contributed by atoms with E-state index in [2.05, 4.69) is 10.6 Å². The summed E-state index contributed by atoms with van der Waals surface area (Å²) in [5, 5.41) is 27.0. The lowest BCUT2D eigenvalue weighted by Crippen LogP contribution is -2.16. The van der Waals surface area contributed by atoms with Gasteiger partial charge in [0, 0.05) is 25.2 Å². The van der Waals surface area contributed by atoms with Gasteiger partial charge in [-0.3, -0.25) is 20.2 Å². The Hall–Kier alpha value is -3.58. The number of halogens is 6. The molecular weight excluding hydrogens is 426 g/mol. The van der Waals surface area contributed by atoms with Gasteiger partial charge in [0.1, 0.15) is 11.4 Å². The topological polar surface area (TPSA) is 110 Å². The Labute approximate surface area is 163 Å². The van der Waals surface area contributed by atoms with E-state index in [1.165, 1.54) is 0 Å². The van der Waals surface area contributed by atoms with E-state index in [1.54, 1.807) is 0 Å². The van der Waals surface area contributed by atoms with E-state index in [0.29, 0.717) is 24.3 Å². The molecule has 8 nitrogen and oxygen atoms in total. The Bertz CT molecular complexity index is 884. The smallest absolute Gasteiger partial charge is 0.378 e. The molecular formula is C16H12F6N4O4. The number of nitrogens with one attached hydrogen (secondary N) is 2. The summed E-state index contributed by atoms with van der Waals surface area (Å²) < 4.78 is 76.1. The molecule has 14 heteroatoms. The van der Waals surface area contributed by atoms with Crippen molar-refractivity contribution in [1.82, 2.24) is 0 Å². The number of benzene rings is 2. The Morgan fingerprint density at radius 3 is 1.30 bits per heavy atom. The fourth-order valence-electron chi connectivity index (χ4n) is 2.41. The van der Waals surface area contributed by atoms with Crippen LogP contribution in [-0.2, 0) is 12.4 Å². The lowest BCUT2D eigenvalue weighted by atomic mass is 10.1. The highest BCUT2D eigenvalue weighted by molar-refractivity contribution is 5.64. The third kappa shape index (κ3) is 5.48. The summed E-state index contributed by atoms with van der Waals surface area (Å²) in [6.07, 6.45) is -9.54. The van der Waals surface area contributed by atoms with Gasteiger partial charge >= 0.3 is 12.4 Å². The molecule has 0 atom stereocenters. The summed E-state index contributed by atoms with van der Waals surface area (Å²) >= 11 is 0. The van der Waals surface area contributed by atoms with Crippen molar-refractivity contribution in [3.63, 3.8) is 0 Å². The van der Waals surface area contributed by atoms with Crippen molar-refractivity contribution < 1.29 is 36.2 Å². The highest BCUT2D eigenvalue weighted by Crippen LogP contribution is 2.36. The van der Waals surface area contributed by atoms with Crippen LogP contribution in [-0.4, -0.2) is 22.9 Å². The molecule has 0 saturated carbocycles. The first-order valence-corrected chi connectivity index (χ1v) is 7.99. The van der Waals surface area contributed by atoms with Crippen LogP contribution in [0.15, 0.2) is 36.4 Å². The number of hydrogen-bond donors (Lipinski definition) is 2. The number of nitro benzene ring substituents is 2. The largest absolute Gasteiger partial charge is 0.416 e. The van der Waals surface area contributed by atoms with Crippen molar-refractivity contribution in [3.05, 3.63) is 67.8 Å². The molecule has 0 aliphatic rings. The maximum Gasteiger partial charge on any atom is 0.416 e. The molecule has 0 spiro atoms. The Kier molecular flexibility index (Phi) is 6.38. The van der Waals surface area contributed by atoms with Crippen LogP contribution in [0.4, 0.5) is 49.1 Å². The number of nitro groups is 2. The van der Waals surface area contributed by atoms with Crippen molar-refractivity contribution in [3.8, 4) is 0 Å². The predicted octanol–water partition coefficient (Wildman–Crippen LogP) is 5.06. The molecule has 162 valence electrons. The number of anilines is 2. The summed E-state index contributed by atoms with van der Waals surface area (Å²) in [7, 11) is 0. The van der Waals surface area contributed by atoms with E-state index in [4.69, 9.17) is 0 Å². The van der Waals surface area contributed by atoms with Gasteiger partial charge in [0.25, 0.3) is 11.4 Å². The van der Waals surface area contributed by atoms with Gasteiger partial charge in [-0.2, -0.15) is 26.3 Å². The molecule has 30 heavy (non-hydrogen) atoms. The molecule has 0 bridgehead atoms. The first-order valence-electron chi connectivity index (χ1n) is 7.99. The van der Waals surface area contributed by atoms with Crippen molar-refractivity contribution in [2.75, 3.05) is 23.7 Å². The standard InChI is InChI=1S/C16H12F6N4O4/c17-15(18,19)9-1-3-11(13(7-9)25(27)28)23-5-6-24-12-4-2-10(16(20,21)22)8-14(12)26(29)30/h1-4,7-8,23-24H,5-6H2. The van der Waals surface area contributed by atoms with Crippen LogP contribution in [0, 0.1) is 20.2 Å². The lowest BCUT2D eigenvalue weighted by Gasteiger charge is -2.12. The molecule has 0 fully saturated rings. The van der Waals surface area contributed by atoms with E-state index in [1.807, 2.05) is 0 Å². The van der Waals surface area contributed by atoms with E-state index in [-0.39, 0.29) is 24.5 Å². The van der Waals surface area contributed by atoms with Crippen molar-refractivity contribution in [1.29, 1.82) is 0 Å². The first kappa shape index (κ1) is 22.7. The van der Waals surface area contributed by atoms with Crippen LogP contribution >= 0.6 is 0 Å². The predicted molar refractivity (Wildman–Crippen MR) is 93.2 cm³/mol. The number of hydrogen-bond acceptors (Lipinski definition) is 6. The molecule has 0 saturated heterocycles. The van der Waals surface area contributed by atoms with Crippen LogP contribution in [0.3, 0.4) is 0 Å². The van der Waals surface area contributed by atoms with Gasteiger partial charge in [-0.1, -0.05) is 0 Å². The van der Waals surface area contributed by atoms with Crippen LogP contribution in [0.2, 0.25) is 0 Å². The zero-order valence-electron chi connectivity index (χ0n) is 14.7. The summed E-state index contributed by atoms with van der Waals surface area (Å²) in [4.78, 5) is 20.0. The second-order valence-corrected chi connectivity index (χ2v) is 5.83. The summed E-state index contributed by atoms with van der Waals surface area (Å²) in [5.41, 5.74) is -4.53. The Morgan fingerprint density at radius 1 is 0.700 bits per heavy atom. The molecule has 0 aliphatic heterocycles. The molecule has 0 radical (unpaired) electrons. The SMILES string of the molecule is O=[N+]([O-])c1cc(C(F)(F)F)ccc1NCCNc1ccc(C(F)(F)F)cc1[N+](=O)[O-]. The minimum absolute atomic E-state index is 0.135. The van der Waals surface area contributed by atoms with E-state index < -0.39 is 44.7 Å². The number of rotatable bonds is 7. The van der Waals surface area contributed by atoms with Crippen LogP contribution in [0.25, 0.3) is 0 Å². The third-order valence-corrected chi connectivity index (χ3v) is 3.80. The molecule has 0 unspecified atom stereocenters. The second kappa shape index (κ2) is 8.42. The molecule has 2 aromatic rings. The molecule has 2 aromatic carbocycles. The maximum absolute atomic E-state index is 12.7. The molecule has 0 amide bonds. The van der Waals surface area contributed by atoms with Gasteiger partial charge in [0.2, 0.25) is 0 Å². The fraction of sp³-hybridized carbons (Fsp3) is 0.250. The van der Waals surface area contributed by atoms with Crippen LogP contribution in [0.1, 0.15) is 11.1 Å². The Morgan fingerprint density at radius 2 is 1.03 bits per heavy atom. The Balaban J connectivity index is 2.10. The molecule has 2 rings (SSSR count). The normalized spacial score (nSPS) is 11.8. The van der Waals surface area contributed by atoms with Crippen LogP contribution in [0.5, 0.6) is 0 Å². The molecule has 2 N–H and O–H groups in total. The highest BCUT2D eigenvalue weighted by Gasteiger charge is 2.34. The highest BCUT2D eigenvalue weighted by atomic mass is 19.4. The van der Waals surface area contributed by atoms with Crippen molar-refractivity contribution >= 4 is 22.7 Å². The van der Waals surface area contributed by atoms with Crippen LogP contribution < -0.4 is 10.6 Å². The minimum atomic E-state index is -4.77. The third-order valence-electron chi connectivity index (χ3n) is 3.80. The van der Waals surface area contributed by atoms with Gasteiger partial charge in [0.15, 0.2) is 0 Å². The van der Waals surface area contributed by atoms with E-state index >= 15 is 0 Å². The molecule has 0 aromatic heterocycles. The summed E-state index contributed by atoms with van der Waals surface area (Å²) in [5.74, 6) is 0. The maximum atomic E-state index is 12.7. The summed E-state index contributed by atoms with van der Waals surface area (Å²) in [6, 6.07) is 3.73. The lowest BCUT2D eigenvalue weighted by molar-refractivity contribution is -0.384. The average Bonchev–Trinajstić information content (AvgIpc) is 2.63. The van der Waals surface area contributed by atoms with Crippen molar-refractivity contribution in [2.45, 2.75) is 12.4 Å². The molecule has 0 aliphatic carbocycles. The minimum Gasteiger partial charge on any atom is -0.378 e. The summed E-state index contributed by atoms with van der Waals surface area (Å²) in [6.45, 7) is -0.269. The van der Waals surface area contributed by atoms with Gasteiger partial charge in [0.05, 0.1) is 21.0 Å². The first-order chi connectivity index (χ1) is 13.8. The zero-order chi connectivity index (χ0) is 22.7. The van der Waals surface area contributed by atoms with Gasteiger partial charge < -0.3 is 10.6 Å². The average molecular weight is 438 g/mol. The second-order valence-electron chi connectivity index (χ2n) is 5.83. The van der Waals surface area contributed by atoms with Crippen molar-refractivity contribution in [2.24, 2.45) is 0 Å². The zero-order valence-corrected chi connectivity index (χ0v) is 14.7. The number of nitrogens with zero attached hydrogens (tertiary/aromatic N) is 2. The number of alkyl halides is 6. The van der Waals surface area contributed by atoms with E-state index in [0.717, 1.165) is 12.1 Å².